The number of carbonyl (C=O) groups is 3. The van der Waals surface area contributed by atoms with E-state index in [0.717, 1.165) is 47.8 Å². The molecule has 10 heteroatoms. The highest BCUT2D eigenvalue weighted by Gasteiger charge is 2.12. The summed E-state index contributed by atoms with van der Waals surface area (Å²) in [5, 5.41) is 10.9. The molecule has 1 aromatic heterocycles. The quantitative estimate of drug-likeness (QED) is 0.148. The van der Waals surface area contributed by atoms with E-state index in [1.54, 1.807) is 6.07 Å². The topological polar surface area (TPSA) is 100 Å². The van der Waals surface area contributed by atoms with Crippen LogP contribution in [0.1, 0.15) is 11.1 Å². The Hall–Kier alpha value is -3.86. The smallest absolute Gasteiger partial charge is 0.234 e. The van der Waals surface area contributed by atoms with Crippen molar-refractivity contribution in [1.29, 1.82) is 0 Å². The molecular weight excluding hydrogens is 573 g/mol. The molecular formula is C31H28N4O3S3. The van der Waals surface area contributed by atoms with Gasteiger partial charge in [-0.1, -0.05) is 54.2 Å². The second-order valence-electron chi connectivity index (χ2n) is 9.40. The molecule has 0 aliphatic carbocycles. The monoisotopic (exact) mass is 600 g/mol. The summed E-state index contributed by atoms with van der Waals surface area (Å²) in [7, 11) is 0. The highest BCUT2D eigenvalue weighted by molar-refractivity contribution is 8.01. The van der Waals surface area contributed by atoms with Crippen molar-refractivity contribution in [2.75, 3.05) is 33.2 Å². The van der Waals surface area contributed by atoms with Gasteiger partial charge in [-0.2, -0.15) is 0 Å². The van der Waals surface area contributed by atoms with Gasteiger partial charge in [0.05, 0.1) is 27.5 Å². The first-order chi connectivity index (χ1) is 19.8. The van der Waals surface area contributed by atoms with Crippen LogP contribution in [-0.4, -0.2) is 40.0 Å². The van der Waals surface area contributed by atoms with E-state index >= 15 is 0 Å². The molecule has 0 fully saturated rings. The number of thiazole rings is 1. The number of aryl methyl sites for hydroxylation is 1. The summed E-state index contributed by atoms with van der Waals surface area (Å²) in [4.78, 5) is 41.9. The number of fused-ring (bicyclic) bond motifs is 2. The number of nitrogens with zero attached hydrogens (tertiary/aromatic N) is 1. The van der Waals surface area contributed by atoms with Crippen molar-refractivity contribution in [2.45, 2.75) is 18.2 Å². The number of amides is 3. The summed E-state index contributed by atoms with van der Waals surface area (Å²) in [5.41, 5.74) is 5.22. The molecule has 0 bridgehead atoms. The van der Waals surface area contributed by atoms with Gasteiger partial charge in [-0.25, -0.2) is 4.98 Å². The van der Waals surface area contributed by atoms with E-state index < -0.39 is 0 Å². The zero-order chi connectivity index (χ0) is 28.8. The predicted molar refractivity (Wildman–Crippen MR) is 173 cm³/mol. The molecule has 0 radical (unpaired) electrons. The van der Waals surface area contributed by atoms with Crippen molar-refractivity contribution >= 4 is 90.6 Å². The SMILES string of the molecule is Cc1cccc(NC(=O)CSc2nc3ccc(NC(=O)CSCC(=O)Nc4ccc5ccccc5c4)cc3s2)c1C. The van der Waals surface area contributed by atoms with Gasteiger partial charge in [-0.3, -0.25) is 14.4 Å². The molecule has 0 atom stereocenters. The van der Waals surface area contributed by atoms with E-state index in [1.807, 2.05) is 86.6 Å². The molecule has 7 nitrogen and oxygen atoms in total. The molecule has 3 amide bonds. The van der Waals surface area contributed by atoms with Gasteiger partial charge in [-0.05, 0) is 72.1 Å². The maximum atomic E-state index is 12.5. The molecule has 1 heterocycles. The van der Waals surface area contributed by atoms with Crippen LogP contribution in [0.15, 0.2) is 83.2 Å². The Morgan fingerprint density at radius 2 is 1.41 bits per heavy atom. The number of hydrogen-bond acceptors (Lipinski definition) is 7. The van der Waals surface area contributed by atoms with Crippen molar-refractivity contribution in [2.24, 2.45) is 0 Å². The van der Waals surface area contributed by atoms with Gasteiger partial charge in [0.25, 0.3) is 0 Å². The lowest BCUT2D eigenvalue weighted by molar-refractivity contribution is -0.114. The van der Waals surface area contributed by atoms with Crippen molar-refractivity contribution < 1.29 is 14.4 Å². The summed E-state index contributed by atoms with van der Waals surface area (Å²) < 4.78 is 1.70. The highest BCUT2D eigenvalue weighted by Crippen LogP contribution is 2.31. The van der Waals surface area contributed by atoms with Crippen LogP contribution < -0.4 is 16.0 Å². The summed E-state index contributed by atoms with van der Waals surface area (Å²) in [5.74, 6) is 0.155. The summed E-state index contributed by atoms with van der Waals surface area (Å²) in [6.07, 6.45) is 0. The van der Waals surface area contributed by atoms with Gasteiger partial charge in [0, 0.05) is 17.1 Å². The van der Waals surface area contributed by atoms with E-state index in [2.05, 4.69) is 20.9 Å². The van der Waals surface area contributed by atoms with E-state index in [4.69, 9.17) is 0 Å². The van der Waals surface area contributed by atoms with Crippen molar-refractivity contribution in [3.05, 3.63) is 90.0 Å². The second kappa shape index (κ2) is 13.2. The highest BCUT2D eigenvalue weighted by atomic mass is 32.2. The largest absolute Gasteiger partial charge is 0.325 e. The molecule has 4 aromatic carbocycles. The Bertz CT molecular complexity index is 1750. The van der Waals surface area contributed by atoms with Crippen LogP contribution in [-0.2, 0) is 14.4 Å². The molecule has 0 saturated heterocycles. The molecule has 5 rings (SSSR count). The molecule has 0 saturated carbocycles. The molecule has 0 spiro atoms. The van der Waals surface area contributed by atoms with Crippen LogP contribution in [0, 0.1) is 13.8 Å². The van der Waals surface area contributed by atoms with Crippen LogP contribution >= 0.6 is 34.9 Å². The fraction of sp³-hybridized carbons (Fsp3) is 0.161. The first-order valence-corrected chi connectivity index (χ1v) is 15.9. The Morgan fingerprint density at radius 1 is 0.732 bits per heavy atom. The molecule has 0 aliphatic heterocycles. The molecule has 5 aromatic rings. The molecule has 3 N–H and O–H groups in total. The van der Waals surface area contributed by atoms with Gasteiger partial charge < -0.3 is 16.0 Å². The number of benzene rings is 4. The second-order valence-corrected chi connectivity index (χ2v) is 12.6. The summed E-state index contributed by atoms with van der Waals surface area (Å²) in [6.45, 7) is 4.01. The van der Waals surface area contributed by atoms with Crippen LogP contribution in [0.25, 0.3) is 21.0 Å². The number of hydrogen-bond donors (Lipinski definition) is 3. The molecule has 0 aliphatic rings. The Labute approximate surface area is 250 Å². The lowest BCUT2D eigenvalue weighted by Gasteiger charge is -2.09. The number of carbonyl (C=O) groups excluding carboxylic acids is 3. The zero-order valence-electron chi connectivity index (χ0n) is 22.5. The van der Waals surface area contributed by atoms with E-state index in [0.29, 0.717) is 5.69 Å². The third kappa shape index (κ3) is 7.66. The minimum atomic E-state index is -0.185. The zero-order valence-corrected chi connectivity index (χ0v) is 25.0. The lowest BCUT2D eigenvalue weighted by Crippen LogP contribution is -2.18. The Morgan fingerprint density at radius 3 is 2.20 bits per heavy atom. The van der Waals surface area contributed by atoms with Crippen molar-refractivity contribution in [3.63, 3.8) is 0 Å². The third-order valence-corrected chi connectivity index (χ3v) is 9.45. The van der Waals surface area contributed by atoms with Gasteiger partial charge in [0.2, 0.25) is 17.7 Å². The van der Waals surface area contributed by atoms with Crippen LogP contribution in [0.2, 0.25) is 0 Å². The lowest BCUT2D eigenvalue weighted by atomic mass is 10.1. The fourth-order valence-corrected chi connectivity index (χ4v) is 6.67. The third-order valence-electron chi connectivity index (χ3n) is 6.36. The van der Waals surface area contributed by atoms with Crippen molar-refractivity contribution in [3.8, 4) is 0 Å². The molecule has 0 unspecified atom stereocenters. The van der Waals surface area contributed by atoms with E-state index in [-0.39, 0.29) is 35.0 Å². The van der Waals surface area contributed by atoms with E-state index in [9.17, 15) is 14.4 Å². The van der Waals surface area contributed by atoms with Crippen LogP contribution in [0.5, 0.6) is 0 Å². The van der Waals surface area contributed by atoms with Gasteiger partial charge in [0.1, 0.15) is 0 Å². The Balaban J connectivity index is 1.07. The van der Waals surface area contributed by atoms with Gasteiger partial charge in [-0.15, -0.1) is 23.1 Å². The van der Waals surface area contributed by atoms with Gasteiger partial charge in [0.15, 0.2) is 4.34 Å². The number of rotatable bonds is 10. The minimum Gasteiger partial charge on any atom is -0.325 e. The predicted octanol–water partition coefficient (Wildman–Crippen LogP) is 7.11. The number of thioether (sulfide) groups is 2. The number of aromatic nitrogens is 1. The Kier molecular flexibility index (Phi) is 9.23. The van der Waals surface area contributed by atoms with Gasteiger partial charge >= 0.3 is 0 Å². The minimum absolute atomic E-state index is 0.0839. The number of nitrogens with one attached hydrogen (secondary N) is 3. The normalized spacial score (nSPS) is 11.0. The standard InChI is InChI=1S/C31H28N4O3S3/c1-19-6-5-9-25(20(19)2)34-30(38)18-40-31-35-26-13-12-24(15-27(26)41-31)33-29(37)17-39-16-28(36)32-23-11-10-21-7-3-4-8-22(21)14-23/h3-15H,16-18H2,1-2H3,(H,32,36)(H,33,37)(H,34,38). The molecule has 41 heavy (non-hydrogen) atoms. The molecule has 208 valence electrons. The summed E-state index contributed by atoms with van der Waals surface area (Å²) >= 11 is 4.12. The van der Waals surface area contributed by atoms with Crippen molar-refractivity contribution in [1.82, 2.24) is 4.98 Å². The maximum absolute atomic E-state index is 12.5. The first kappa shape index (κ1) is 28.7. The van der Waals surface area contributed by atoms with E-state index in [1.165, 1.54) is 34.9 Å². The van der Waals surface area contributed by atoms with Crippen LogP contribution in [0.3, 0.4) is 0 Å². The fourth-order valence-electron chi connectivity index (χ4n) is 4.14. The average molecular weight is 601 g/mol. The maximum Gasteiger partial charge on any atom is 0.234 e. The summed E-state index contributed by atoms with van der Waals surface area (Å²) in [6, 6.07) is 25.1. The van der Waals surface area contributed by atoms with Crippen LogP contribution in [0.4, 0.5) is 17.1 Å². The number of anilines is 3. The average Bonchev–Trinajstić information content (AvgIpc) is 3.36. The first-order valence-electron chi connectivity index (χ1n) is 12.9.